The Hall–Kier alpha value is -1.99. The van der Waals surface area contributed by atoms with Gasteiger partial charge in [0.1, 0.15) is 0 Å². The van der Waals surface area contributed by atoms with Gasteiger partial charge in [-0.25, -0.2) is 0 Å². The van der Waals surface area contributed by atoms with E-state index in [9.17, 15) is 4.79 Å². The van der Waals surface area contributed by atoms with Crippen molar-refractivity contribution in [3.05, 3.63) is 35.9 Å². The predicted octanol–water partition coefficient (Wildman–Crippen LogP) is 2.68. The lowest BCUT2D eigenvalue weighted by atomic mass is 9.84. The normalized spacial score (nSPS) is 20.7. The van der Waals surface area contributed by atoms with E-state index < -0.39 is 0 Å². The average molecular weight is 404 g/mol. The number of hydrogen-bond donors (Lipinski definition) is 4. The highest BCUT2D eigenvalue weighted by Gasteiger charge is 2.29. The van der Waals surface area contributed by atoms with Crippen molar-refractivity contribution in [2.24, 2.45) is 22.7 Å². The van der Waals surface area contributed by atoms with E-state index in [-0.39, 0.29) is 23.9 Å². The molecule has 28 heavy (non-hydrogen) atoms. The van der Waals surface area contributed by atoms with Crippen LogP contribution >= 0.6 is 12.2 Å². The van der Waals surface area contributed by atoms with Gasteiger partial charge in [0.2, 0.25) is 5.91 Å². The van der Waals surface area contributed by atoms with Crippen LogP contribution in [0.15, 0.2) is 35.4 Å². The Labute approximate surface area is 173 Å². The highest BCUT2D eigenvalue weighted by atomic mass is 32.1. The van der Waals surface area contributed by atoms with E-state index in [0.29, 0.717) is 17.6 Å². The van der Waals surface area contributed by atoms with Crippen LogP contribution in [-0.2, 0) is 11.3 Å². The zero-order valence-corrected chi connectivity index (χ0v) is 17.7. The number of benzene rings is 1. The van der Waals surface area contributed by atoms with Crippen LogP contribution < -0.4 is 21.8 Å². The topological polar surface area (TPSA) is 91.5 Å². The first kappa shape index (κ1) is 22.3. The van der Waals surface area contributed by atoms with Crippen molar-refractivity contribution < 1.29 is 4.79 Å². The summed E-state index contributed by atoms with van der Waals surface area (Å²) in [4.78, 5) is 12.6. The molecule has 1 amide bonds. The number of nitrogens with zero attached hydrogens (tertiary/aromatic N) is 1. The summed E-state index contributed by atoms with van der Waals surface area (Å²) in [5, 5.41) is 10.9. The zero-order chi connectivity index (χ0) is 20.4. The molecule has 0 aliphatic heterocycles. The van der Waals surface area contributed by atoms with Crippen molar-refractivity contribution >= 4 is 29.5 Å². The summed E-state index contributed by atoms with van der Waals surface area (Å²) in [5.41, 5.74) is 10.1. The van der Waals surface area contributed by atoms with Crippen molar-refractivity contribution in [2.75, 3.05) is 0 Å². The van der Waals surface area contributed by atoms with Crippen LogP contribution in [0.4, 0.5) is 0 Å². The second kappa shape index (κ2) is 11.8. The Kier molecular flexibility index (Phi) is 9.37. The van der Waals surface area contributed by atoms with Gasteiger partial charge in [-0.05, 0) is 43.0 Å². The Bertz CT molecular complexity index is 649. The minimum Gasteiger partial charge on any atom is -0.357 e. The molecule has 0 spiro atoms. The fourth-order valence-electron chi connectivity index (χ4n) is 3.44. The monoisotopic (exact) mass is 403 g/mol. The highest BCUT2D eigenvalue weighted by molar-refractivity contribution is 7.80. The van der Waals surface area contributed by atoms with Crippen molar-refractivity contribution in [3.63, 3.8) is 0 Å². The minimum absolute atomic E-state index is 0.0362. The predicted molar refractivity (Wildman–Crippen MR) is 119 cm³/mol. The summed E-state index contributed by atoms with van der Waals surface area (Å²) >= 11 is 5.26. The molecule has 0 saturated heterocycles. The number of hydrazone groups is 1. The summed E-state index contributed by atoms with van der Waals surface area (Å²) in [7, 11) is 0. The molecule has 0 heterocycles. The summed E-state index contributed by atoms with van der Waals surface area (Å²) in [6.07, 6.45) is 6.50. The fourth-order valence-corrected chi connectivity index (χ4v) is 3.57. The van der Waals surface area contributed by atoms with Crippen LogP contribution in [0.5, 0.6) is 0 Å². The molecular weight excluding hydrogens is 370 g/mol. The standard InChI is InChI=1S/C21H33N5OS/c1-15(2)12-17(25-20(27)18-10-6-7-11-19(18)22)14-24-26-21(28)23-13-16-8-4-3-5-9-16/h3-5,8-9,14-15,17-19H,6-7,10-13,22H2,1-2H3,(H,25,27)(H2,23,26,28)/t17?,18-,19+/m1/s1. The number of hydrogen-bond acceptors (Lipinski definition) is 4. The smallest absolute Gasteiger partial charge is 0.225 e. The quantitative estimate of drug-likeness (QED) is 0.304. The summed E-state index contributed by atoms with van der Waals surface area (Å²) < 4.78 is 0. The molecule has 1 fully saturated rings. The van der Waals surface area contributed by atoms with Crippen LogP contribution in [0.1, 0.15) is 51.5 Å². The highest BCUT2D eigenvalue weighted by Crippen LogP contribution is 2.23. The van der Waals surface area contributed by atoms with Crippen LogP contribution in [0, 0.1) is 11.8 Å². The molecule has 1 saturated carbocycles. The van der Waals surface area contributed by atoms with Gasteiger partial charge < -0.3 is 16.4 Å². The number of carbonyl (C=O) groups excluding carboxylic acids is 1. The van der Waals surface area contributed by atoms with Crippen molar-refractivity contribution in [2.45, 2.75) is 64.6 Å². The van der Waals surface area contributed by atoms with Gasteiger partial charge in [-0.1, -0.05) is 57.0 Å². The molecule has 6 nitrogen and oxygen atoms in total. The number of nitrogens with two attached hydrogens (primary N) is 1. The first-order valence-electron chi connectivity index (χ1n) is 10.1. The Morgan fingerprint density at radius 1 is 1.29 bits per heavy atom. The molecule has 1 unspecified atom stereocenters. The van der Waals surface area contributed by atoms with Gasteiger partial charge >= 0.3 is 0 Å². The van der Waals surface area contributed by atoms with E-state index in [4.69, 9.17) is 18.0 Å². The molecule has 1 aromatic carbocycles. The van der Waals surface area contributed by atoms with E-state index in [1.807, 2.05) is 30.3 Å². The maximum Gasteiger partial charge on any atom is 0.225 e. The van der Waals surface area contributed by atoms with Crippen molar-refractivity contribution in [1.82, 2.24) is 16.1 Å². The number of thiocarbonyl (C=S) groups is 1. The van der Waals surface area contributed by atoms with Crippen LogP contribution in [0.3, 0.4) is 0 Å². The van der Waals surface area contributed by atoms with Gasteiger partial charge in [-0.2, -0.15) is 5.10 Å². The van der Waals surface area contributed by atoms with Crippen LogP contribution in [0.25, 0.3) is 0 Å². The summed E-state index contributed by atoms with van der Waals surface area (Å²) in [5.74, 6) is 0.368. The molecule has 0 aromatic heterocycles. The van der Waals surface area contributed by atoms with E-state index in [1.54, 1.807) is 6.21 Å². The first-order valence-corrected chi connectivity index (χ1v) is 10.5. The molecule has 5 N–H and O–H groups in total. The number of amides is 1. The van der Waals surface area contributed by atoms with Gasteiger partial charge in [0, 0.05) is 18.8 Å². The number of carbonyl (C=O) groups is 1. The third-order valence-electron chi connectivity index (χ3n) is 4.93. The molecule has 7 heteroatoms. The first-order chi connectivity index (χ1) is 13.5. The Morgan fingerprint density at radius 2 is 2.00 bits per heavy atom. The summed E-state index contributed by atoms with van der Waals surface area (Å²) in [6, 6.07) is 9.83. The zero-order valence-electron chi connectivity index (χ0n) is 16.9. The maximum atomic E-state index is 12.6. The van der Waals surface area contributed by atoms with Gasteiger partial charge in [0.05, 0.1) is 12.0 Å². The molecule has 2 rings (SSSR count). The second-order valence-corrected chi connectivity index (χ2v) is 8.27. The molecule has 1 aliphatic rings. The Morgan fingerprint density at radius 3 is 2.68 bits per heavy atom. The summed E-state index contributed by atoms with van der Waals surface area (Å²) in [6.45, 7) is 4.88. The molecule has 0 radical (unpaired) electrons. The number of nitrogens with one attached hydrogen (secondary N) is 3. The second-order valence-electron chi connectivity index (χ2n) is 7.86. The third-order valence-corrected chi connectivity index (χ3v) is 5.16. The lowest BCUT2D eigenvalue weighted by Crippen LogP contribution is -2.47. The van der Waals surface area contributed by atoms with Gasteiger partial charge in [-0.15, -0.1) is 0 Å². The SMILES string of the molecule is CC(C)CC(C=NNC(=S)NCc1ccccc1)NC(=O)[C@@H]1CCCC[C@@H]1N. The fraction of sp³-hybridized carbons (Fsp3) is 0.571. The van der Waals surface area contributed by atoms with Crippen LogP contribution in [-0.4, -0.2) is 29.3 Å². The van der Waals surface area contributed by atoms with Gasteiger partial charge in [0.15, 0.2) is 5.11 Å². The minimum atomic E-state index is -0.147. The lowest BCUT2D eigenvalue weighted by molar-refractivity contribution is -0.126. The van der Waals surface area contributed by atoms with Gasteiger partial charge in [0.25, 0.3) is 0 Å². The van der Waals surface area contributed by atoms with Crippen molar-refractivity contribution in [3.8, 4) is 0 Å². The number of rotatable bonds is 8. The van der Waals surface area contributed by atoms with E-state index in [0.717, 1.165) is 37.7 Å². The average Bonchev–Trinajstić information content (AvgIpc) is 2.67. The van der Waals surface area contributed by atoms with E-state index >= 15 is 0 Å². The van der Waals surface area contributed by atoms with E-state index in [1.165, 1.54) is 0 Å². The van der Waals surface area contributed by atoms with E-state index in [2.05, 4.69) is 35.0 Å². The molecule has 1 aromatic rings. The molecule has 3 atom stereocenters. The largest absolute Gasteiger partial charge is 0.357 e. The third kappa shape index (κ3) is 7.94. The maximum absolute atomic E-state index is 12.6. The Balaban J connectivity index is 1.82. The molecular formula is C21H33N5OS. The van der Waals surface area contributed by atoms with Crippen molar-refractivity contribution in [1.29, 1.82) is 0 Å². The van der Waals surface area contributed by atoms with Gasteiger partial charge in [-0.3, -0.25) is 10.2 Å². The molecule has 0 bridgehead atoms. The molecule has 154 valence electrons. The lowest BCUT2D eigenvalue weighted by Gasteiger charge is -2.29. The molecule has 1 aliphatic carbocycles. The van der Waals surface area contributed by atoms with Crippen LogP contribution in [0.2, 0.25) is 0 Å².